The molecule has 0 amide bonds. The first-order valence-corrected chi connectivity index (χ1v) is 8.44. The number of anilines is 1. The van der Waals surface area contributed by atoms with Gasteiger partial charge in [-0.3, -0.25) is 0 Å². The Bertz CT molecular complexity index is 428. The summed E-state index contributed by atoms with van der Waals surface area (Å²) in [5.41, 5.74) is 0. The van der Waals surface area contributed by atoms with Crippen molar-refractivity contribution >= 4 is 5.82 Å². The molecule has 0 bridgehead atoms. The minimum atomic E-state index is 0.504. The lowest BCUT2D eigenvalue weighted by atomic mass is 9.89. The standard InChI is InChI=1S/C17H29N3O/c1-4-21-16-12-15(18-11-10-13(2)3)19-17(20-16)14-8-6-5-7-9-14/h12-14H,4-11H2,1-3H3,(H,18,19,20). The highest BCUT2D eigenvalue weighted by molar-refractivity contribution is 5.39. The van der Waals surface area contributed by atoms with Gasteiger partial charge in [-0.2, -0.15) is 4.98 Å². The zero-order valence-electron chi connectivity index (χ0n) is 13.7. The molecule has 4 nitrogen and oxygen atoms in total. The van der Waals surface area contributed by atoms with Crippen molar-refractivity contribution in [1.29, 1.82) is 0 Å². The molecule has 21 heavy (non-hydrogen) atoms. The van der Waals surface area contributed by atoms with Crippen LogP contribution in [0, 0.1) is 5.92 Å². The van der Waals surface area contributed by atoms with E-state index >= 15 is 0 Å². The van der Waals surface area contributed by atoms with Crippen LogP contribution < -0.4 is 10.1 Å². The second-order valence-electron chi connectivity index (χ2n) is 6.33. The van der Waals surface area contributed by atoms with Gasteiger partial charge in [0.2, 0.25) is 5.88 Å². The smallest absolute Gasteiger partial charge is 0.218 e. The molecule has 0 aliphatic heterocycles. The molecule has 0 radical (unpaired) electrons. The van der Waals surface area contributed by atoms with E-state index in [-0.39, 0.29) is 0 Å². The molecule has 1 aliphatic carbocycles. The average Bonchev–Trinajstić information content (AvgIpc) is 2.48. The molecule has 0 spiro atoms. The lowest BCUT2D eigenvalue weighted by Gasteiger charge is -2.21. The lowest BCUT2D eigenvalue weighted by molar-refractivity contribution is 0.322. The van der Waals surface area contributed by atoms with Gasteiger partial charge in [-0.25, -0.2) is 4.98 Å². The molecule has 1 heterocycles. The van der Waals surface area contributed by atoms with Crippen LogP contribution in [-0.2, 0) is 0 Å². The van der Waals surface area contributed by atoms with Crippen LogP contribution in [0.1, 0.15) is 71.0 Å². The van der Waals surface area contributed by atoms with E-state index in [1.54, 1.807) is 0 Å². The fourth-order valence-corrected chi connectivity index (χ4v) is 2.79. The Morgan fingerprint density at radius 1 is 1.24 bits per heavy atom. The Kier molecular flexibility index (Phi) is 6.27. The molecule has 0 atom stereocenters. The van der Waals surface area contributed by atoms with Gasteiger partial charge >= 0.3 is 0 Å². The van der Waals surface area contributed by atoms with E-state index in [1.165, 1.54) is 32.1 Å². The van der Waals surface area contributed by atoms with Crippen molar-refractivity contribution in [2.75, 3.05) is 18.5 Å². The summed E-state index contributed by atoms with van der Waals surface area (Å²) in [6, 6.07) is 1.93. The number of hydrogen-bond donors (Lipinski definition) is 1. The summed E-state index contributed by atoms with van der Waals surface area (Å²) in [6.07, 6.45) is 7.50. The molecular weight excluding hydrogens is 262 g/mol. The van der Waals surface area contributed by atoms with Crippen LogP contribution in [0.3, 0.4) is 0 Å². The minimum Gasteiger partial charge on any atom is -0.478 e. The Balaban J connectivity index is 2.09. The van der Waals surface area contributed by atoms with Gasteiger partial charge in [0.25, 0.3) is 0 Å². The maximum absolute atomic E-state index is 5.61. The molecule has 118 valence electrons. The van der Waals surface area contributed by atoms with E-state index in [4.69, 9.17) is 9.72 Å². The second kappa shape index (κ2) is 8.20. The molecule has 0 aromatic carbocycles. The van der Waals surface area contributed by atoms with Gasteiger partial charge in [-0.1, -0.05) is 33.1 Å². The molecule has 1 fully saturated rings. The van der Waals surface area contributed by atoms with Crippen molar-refractivity contribution in [3.63, 3.8) is 0 Å². The van der Waals surface area contributed by atoms with Crippen molar-refractivity contribution in [3.05, 3.63) is 11.9 Å². The summed E-state index contributed by atoms with van der Waals surface area (Å²) in [5.74, 6) is 3.79. The zero-order valence-corrected chi connectivity index (χ0v) is 13.7. The summed E-state index contributed by atoms with van der Waals surface area (Å²) >= 11 is 0. The number of rotatable bonds is 7. The predicted octanol–water partition coefficient (Wildman–Crippen LogP) is 4.38. The number of nitrogens with one attached hydrogen (secondary N) is 1. The highest BCUT2D eigenvalue weighted by atomic mass is 16.5. The van der Waals surface area contributed by atoms with Gasteiger partial charge < -0.3 is 10.1 Å². The van der Waals surface area contributed by atoms with Crippen LogP contribution in [0.5, 0.6) is 5.88 Å². The van der Waals surface area contributed by atoms with Crippen LogP contribution in [-0.4, -0.2) is 23.1 Å². The lowest BCUT2D eigenvalue weighted by Crippen LogP contribution is -2.13. The topological polar surface area (TPSA) is 47.0 Å². The quantitative estimate of drug-likeness (QED) is 0.809. The number of aromatic nitrogens is 2. The summed E-state index contributed by atoms with van der Waals surface area (Å²) < 4.78 is 5.61. The predicted molar refractivity (Wildman–Crippen MR) is 87.0 cm³/mol. The zero-order chi connectivity index (χ0) is 15.1. The molecular formula is C17H29N3O. The first kappa shape index (κ1) is 16.1. The summed E-state index contributed by atoms with van der Waals surface area (Å²) in [5, 5.41) is 3.42. The summed E-state index contributed by atoms with van der Waals surface area (Å²) in [6.45, 7) is 8.06. The van der Waals surface area contributed by atoms with Crippen LogP contribution >= 0.6 is 0 Å². The van der Waals surface area contributed by atoms with Crippen molar-refractivity contribution in [3.8, 4) is 5.88 Å². The van der Waals surface area contributed by atoms with Gasteiger partial charge in [0.05, 0.1) is 6.61 Å². The molecule has 4 heteroatoms. The van der Waals surface area contributed by atoms with Gasteiger partial charge in [0.1, 0.15) is 11.6 Å². The highest BCUT2D eigenvalue weighted by Gasteiger charge is 2.19. The van der Waals surface area contributed by atoms with E-state index in [1.807, 2.05) is 13.0 Å². The Morgan fingerprint density at radius 2 is 2.00 bits per heavy atom. The van der Waals surface area contributed by atoms with Gasteiger partial charge in [0.15, 0.2) is 0 Å². The molecule has 2 rings (SSSR count). The van der Waals surface area contributed by atoms with Crippen LogP contribution in [0.2, 0.25) is 0 Å². The van der Waals surface area contributed by atoms with E-state index < -0.39 is 0 Å². The van der Waals surface area contributed by atoms with Crippen molar-refractivity contribution in [2.24, 2.45) is 5.92 Å². The number of ether oxygens (including phenoxy) is 1. The Morgan fingerprint density at radius 3 is 2.67 bits per heavy atom. The maximum atomic E-state index is 5.61. The average molecular weight is 291 g/mol. The third-order valence-electron chi connectivity index (χ3n) is 4.01. The third kappa shape index (κ3) is 5.18. The molecule has 0 saturated heterocycles. The van der Waals surface area contributed by atoms with Crippen LogP contribution in [0.15, 0.2) is 6.07 Å². The van der Waals surface area contributed by atoms with Gasteiger partial charge in [0, 0.05) is 18.5 Å². The third-order valence-corrected chi connectivity index (χ3v) is 4.01. The first-order chi connectivity index (χ1) is 10.2. The van der Waals surface area contributed by atoms with E-state index in [0.29, 0.717) is 24.3 Å². The molecule has 1 saturated carbocycles. The van der Waals surface area contributed by atoms with Crippen molar-refractivity contribution in [1.82, 2.24) is 9.97 Å². The number of hydrogen-bond acceptors (Lipinski definition) is 4. The monoisotopic (exact) mass is 291 g/mol. The van der Waals surface area contributed by atoms with Crippen LogP contribution in [0.4, 0.5) is 5.82 Å². The second-order valence-corrected chi connectivity index (χ2v) is 6.33. The SMILES string of the molecule is CCOc1cc(NCCC(C)C)nc(C2CCCCC2)n1. The van der Waals surface area contributed by atoms with Gasteiger partial charge in [-0.05, 0) is 32.1 Å². The van der Waals surface area contributed by atoms with E-state index in [9.17, 15) is 0 Å². The molecule has 1 aliphatic rings. The maximum Gasteiger partial charge on any atom is 0.218 e. The van der Waals surface area contributed by atoms with Crippen molar-refractivity contribution < 1.29 is 4.74 Å². The molecule has 1 aromatic heterocycles. The van der Waals surface area contributed by atoms with Crippen LogP contribution in [0.25, 0.3) is 0 Å². The minimum absolute atomic E-state index is 0.504. The molecule has 1 N–H and O–H groups in total. The fraction of sp³-hybridized carbons (Fsp3) is 0.765. The fourth-order valence-electron chi connectivity index (χ4n) is 2.79. The summed E-state index contributed by atoms with van der Waals surface area (Å²) in [4.78, 5) is 9.35. The Labute approximate surface area is 128 Å². The van der Waals surface area contributed by atoms with E-state index in [0.717, 1.165) is 24.6 Å². The number of nitrogens with zero attached hydrogens (tertiary/aromatic N) is 2. The highest BCUT2D eigenvalue weighted by Crippen LogP contribution is 2.32. The van der Waals surface area contributed by atoms with E-state index in [2.05, 4.69) is 24.1 Å². The molecule has 1 aromatic rings. The first-order valence-electron chi connectivity index (χ1n) is 8.44. The molecule has 0 unspecified atom stereocenters. The summed E-state index contributed by atoms with van der Waals surface area (Å²) in [7, 11) is 0. The largest absolute Gasteiger partial charge is 0.478 e. The Hall–Kier alpha value is -1.32. The van der Waals surface area contributed by atoms with Crippen molar-refractivity contribution in [2.45, 2.75) is 65.2 Å². The normalized spacial score (nSPS) is 16.2. The van der Waals surface area contributed by atoms with Gasteiger partial charge in [-0.15, -0.1) is 0 Å².